The molecule has 4 atom stereocenters. The van der Waals surface area contributed by atoms with E-state index in [-0.39, 0.29) is 41.9 Å². The van der Waals surface area contributed by atoms with Gasteiger partial charge in [0.2, 0.25) is 0 Å². The van der Waals surface area contributed by atoms with Crippen molar-refractivity contribution in [2.45, 2.75) is 31.2 Å². The van der Waals surface area contributed by atoms with Crippen molar-refractivity contribution in [2.24, 2.45) is 11.8 Å². The number of hydrogen-bond donors (Lipinski definition) is 2. The highest BCUT2D eigenvalue weighted by molar-refractivity contribution is 5.88. The first kappa shape index (κ1) is 21.0. The van der Waals surface area contributed by atoms with Gasteiger partial charge in [0.25, 0.3) is 0 Å². The second-order valence-electron chi connectivity index (χ2n) is 8.45. The first-order valence-electron chi connectivity index (χ1n) is 10.4. The van der Waals surface area contributed by atoms with E-state index in [0.717, 1.165) is 11.6 Å². The Balaban J connectivity index is 1.61. The maximum Gasteiger partial charge on any atom is 0.431 e. The number of hydrogen-bond acceptors (Lipinski definition) is 5. The first-order chi connectivity index (χ1) is 15.3. The Morgan fingerprint density at radius 1 is 1.19 bits per heavy atom. The molecule has 3 aromatic rings. The van der Waals surface area contributed by atoms with E-state index in [9.17, 15) is 17.6 Å². The third kappa shape index (κ3) is 3.46. The fourth-order valence-corrected chi connectivity index (χ4v) is 4.89. The number of aromatic amines is 1. The minimum atomic E-state index is -4.54. The van der Waals surface area contributed by atoms with Crippen LogP contribution in [0.4, 0.5) is 23.4 Å². The summed E-state index contributed by atoms with van der Waals surface area (Å²) in [6.45, 7) is 2.65. The van der Waals surface area contributed by atoms with Crippen LogP contribution in [-0.2, 0) is 16.5 Å². The molecule has 0 radical (unpaired) electrons. The zero-order valence-electron chi connectivity index (χ0n) is 17.2. The number of alkyl halides is 4. The number of ether oxygens (including phenoxy) is 2. The molecular weight excluding hydrogens is 428 g/mol. The largest absolute Gasteiger partial charge is 0.493 e. The van der Waals surface area contributed by atoms with Crippen LogP contribution in [0, 0.1) is 11.8 Å². The van der Waals surface area contributed by atoms with E-state index in [4.69, 9.17) is 9.47 Å². The molecule has 0 saturated carbocycles. The van der Waals surface area contributed by atoms with Crippen molar-refractivity contribution in [1.82, 2.24) is 15.0 Å². The molecule has 10 heteroatoms. The van der Waals surface area contributed by atoms with Crippen LogP contribution in [0.1, 0.15) is 24.6 Å². The van der Waals surface area contributed by atoms with Gasteiger partial charge in [-0.2, -0.15) is 13.2 Å². The molecule has 2 aliphatic rings. The van der Waals surface area contributed by atoms with E-state index in [1.807, 2.05) is 31.2 Å². The number of aromatic nitrogens is 3. The normalized spacial score (nSPS) is 28.2. The molecule has 2 N–H and O–H groups in total. The molecule has 6 nitrogen and oxygen atoms in total. The van der Waals surface area contributed by atoms with Crippen LogP contribution in [0.25, 0.3) is 11.0 Å². The fourth-order valence-electron chi connectivity index (χ4n) is 4.89. The third-order valence-corrected chi connectivity index (χ3v) is 6.57. The molecule has 1 aromatic carbocycles. The quantitative estimate of drug-likeness (QED) is 0.567. The smallest absolute Gasteiger partial charge is 0.431 e. The van der Waals surface area contributed by atoms with Gasteiger partial charge in [0.05, 0.1) is 24.1 Å². The van der Waals surface area contributed by atoms with E-state index < -0.39 is 23.6 Å². The van der Waals surface area contributed by atoms with Gasteiger partial charge in [0.1, 0.15) is 35.4 Å². The second kappa shape index (κ2) is 7.61. The van der Waals surface area contributed by atoms with Crippen LogP contribution in [0.15, 0.2) is 36.7 Å². The molecule has 5 rings (SSSR count). The van der Waals surface area contributed by atoms with Gasteiger partial charge in [0, 0.05) is 24.0 Å². The summed E-state index contributed by atoms with van der Waals surface area (Å²) in [5.74, 6) is 0.247. The predicted octanol–water partition coefficient (Wildman–Crippen LogP) is 4.69. The van der Waals surface area contributed by atoms with E-state index in [1.165, 1.54) is 6.33 Å². The number of benzene rings is 1. The first-order valence-corrected chi connectivity index (χ1v) is 10.4. The summed E-state index contributed by atoms with van der Waals surface area (Å²) in [7, 11) is 0. The summed E-state index contributed by atoms with van der Waals surface area (Å²) in [6, 6.07) is 8.41. The van der Waals surface area contributed by atoms with Gasteiger partial charge in [0.15, 0.2) is 0 Å². The maximum atomic E-state index is 14.9. The van der Waals surface area contributed by atoms with Gasteiger partial charge < -0.3 is 19.8 Å². The lowest BCUT2D eigenvalue weighted by atomic mass is 9.68. The minimum Gasteiger partial charge on any atom is -0.493 e. The predicted molar refractivity (Wildman–Crippen MR) is 109 cm³/mol. The van der Waals surface area contributed by atoms with Gasteiger partial charge in [-0.05, 0) is 25.5 Å². The van der Waals surface area contributed by atoms with Crippen LogP contribution in [-0.4, -0.2) is 40.9 Å². The van der Waals surface area contributed by atoms with Gasteiger partial charge in [-0.3, -0.25) is 0 Å². The summed E-state index contributed by atoms with van der Waals surface area (Å²) in [4.78, 5) is 10.5. The second-order valence-corrected chi connectivity index (χ2v) is 8.45. The molecule has 0 amide bonds. The topological polar surface area (TPSA) is 72.1 Å². The van der Waals surface area contributed by atoms with Crippen molar-refractivity contribution in [2.75, 3.05) is 25.1 Å². The summed E-state index contributed by atoms with van der Waals surface area (Å²) >= 11 is 0. The molecule has 0 aliphatic carbocycles. The van der Waals surface area contributed by atoms with Crippen molar-refractivity contribution in [1.29, 1.82) is 0 Å². The molecule has 2 aliphatic heterocycles. The molecule has 0 spiro atoms. The number of H-pyrrole nitrogens is 1. The molecular formula is C22H22F4N4O2. The molecule has 0 bridgehead atoms. The van der Waals surface area contributed by atoms with Crippen molar-refractivity contribution in [3.63, 3.8) is 0 Å². The number of nitrogens with zero attached hydrogens (tertiary/aromatic N) is 2. The lowest BCUT2D eigenvalue weighted by Gasteiger charge is -2.48. The number of rotatable bonds is 3. The molecule has 32 heavy (non-hydrogen) atoms. The average molecular weight is 450 g/mol. The zero-order chi connectivity index (χ0) is 22.5. The third-order valence-electron chi connectivity index (χ3n) is 6.57. The standard InChI is InChI=1S/C22H22F4N4O2/c1-21(30-20-13-8-18(22(24,25)26)29-19(13)27-11-28-20)14-4-2-3-5-17(14)32-9-15(21)12-6-7-31-10-16(12)23/h2-5,8,11-12,15-16H,6-7,9-10H2,1H3,(H2,27,28,29,30). The maximum absolute atomic E-state index is 14.9. The van der Waals surface area contributed by atoms with Crippen molar-refractivity contribution in [3.8, 4) is 5.75 Å². The number of fused-ring (bicyclic) bond motifs is 2. The van der Waals surface area contributed by atoms with Crippen LogP contribution in [0.5, 0.6) is 5.75 Å². The van der Waals surface area contributed by atoms with Gasteiger partial charge in [-0.1, -0.05) is 18.2 Å². The number of anilines is 1. The van der Waals surface area contributed by atoms with Gasteiger partial charge in [-0.15, -0.1) is 0 Å². The van der Waals surface area contributed by atoms with Crippen LogP contribution < -0.4 is 10.1 Å². The van der Waals surface area contributed by atoms with Crippen LogP contribution in [0.2, 0.25) is 0 Å². The Bertz CT molecular complexity index is 1130. The molecule has 170 valence electrons. The minimum absolute atomic E-state index is 0.0173. The summed E-state index contributed by atoms with van der Waals surface area (Å²) in [6.07, 6.45) is -3.98. The van der Waals surface area contributed by atoms with E-state index in [1.54, 1.807) is 0 Å². The van der Waals surface area contributed by atoms with E-state index in [0.29, 0.717) is 18.8 Å². The van der Waals surface area contributed by atoms with Crippen molar-refractivity contribution >= 4 is 16.9 Å². The van der Waals surface area contributed by atoms with Gasteiger partial charge in [-0.25, -0.2) is 14.4 Å². The molecule has 2 aromatic heterocycles. The highest BCUT2D eigenvalue weighted by Gasteiger charge is 2.49. The average Bonchev–Trinajstić information content (AvgIpc) is 3.21. The Morgan fingerprint density at radius 3 is 2.78 bits per heavy atom. The lowest BCUT2D eigenvalue weighted by molar-refractivity contribution is -0.140. The molecule has 4 heterocycles. The Morgan fingerprint density at radius 2 is 2.00 bits per heavy atom. The van der Waals surface area contributed by atoms with E-state index >= 15 is 0 Å². The SMILES string of the molecule is CC1(Nc2ncnc3[nH]c(C(F)(F)F)cc23)c2ccccc2OCC1C1CCOCC1F. The van der Waals surface area contributed by atoms with Crippen LogP contribution >= 0.6 is 0 Å². The number of halogens is 4. The number of nitrogens with one attached hydrogen (secondary N) is 2. The lowest BCUT2D eigenvalue weighted by Crippen LogP contribution is -2.52. The Labute approximate surface area is 181 Å². The molecule has 1 fully saturated rings. The fraction of sp³-hybridized carbons (Fsp3) is 0.455. The highest BCUT2D eigenvalue weighted by Crippen LogP contribution is 2.48. The summed E-state index contributed by atoms with van der Waals surface area (Å²) in [5.41, 5.74) is -0.880. The zero-order valence-corrected chi connectivity index (χ0v) is 17.2. The van der Waals surface area contributed by atoms with E-state index in [2.05, 4.69) is 20.3 Å². The Kier molecular flexibility index (Phi) is 4.99. The summed E-state index contributed by atoms with van der Waals surface area (Å²) in [5, 5.41) is 3.58. The van der Waals surface area contributed by atoms with Crippen LogP contribution in [0.3, 0.4) is 0 Å². The van der Waals surface area contributed by atoms with Gasteiger partial charge >= 0.3 is 6.18 Å². The number of para-hydroxylation sites is 1. The van der Waals surface area contributed by atoms with Crippen molar-refractivity contribution < 1.29 is 27.0 Å². The monoisotopic (exact) mass is 450 g/mol. The highest BCUT2D eigenvalue weighted by atomic mass is 19.4. The Hall–Kier alpha value is -2.88. The molecule has 1 saturated heterocycles. The van der Waals surface area contributed by atoms with Crippen molar-refractivity contribution in [3.05, 3.63) is 47.9 Å². The molecule has 4 unspecified atom stereocenters. The summed E-state index contributed by atoms with van der Waals surface area (Å²) < 4.78 is 66.0.